The van der Waals surface area contributed by atoms with Crippen LogP contribution in [-0.4, -0.2) is 0 Å². The molecule has 0 radical (unpaired) electrons. The van der Waals surface area contributed by atoms with Gasteiger partial charge >= 0.3 is 0 Å². The molecule has 0 aromatic rings. The molecule has 0 saturated carbocycles. The molecule has 0 fully saturated rings. The fraction of sp³-hybridized carbons (Fsp3) is 0.333. The summed E-state index contributed by atoms with van der Waals surface area (Å²) in [4.78, 5) is 0. The number of hydrogen-bond donors (Lipinski definition) is 0. The zero-order valence-electron chi connectivity index (χ0n) is 6.62. The van der Waals surface area contributed by atoms with Gasteiger partial charge in [0.1, 0.15) is 0 Å². The summed E-state index contributed by atoms with van der Waals surface area (Å²) in [6.45, 7) is 4.31. The highest BCUT2D eigenvalue weighted by Gasteiger charge is 2.06. The van der Waals surface area contributed by atoms with Crippen LogP contribution >= 0.6 is 38.5 Å². The fourth-order valence-electron chi connectivity index (χ4n) is 0.918. The van der Waals surface area contributed by atoms with Crippen LogP contribution in [0.4, 0.5) is 0 Å². The van der Waals surface area contributed by atoms with Gasteiger partial charge in [-0.3, -0.25) is 0 Å². The first-order valence-corrected chi connectivity index (χ1v) is 5.37. The minimum absolute atomic E-state index is 1.08. The van der Waals surface area contributed by atoms with Gasteiger partial charge in [0.2, 0.25) is 0 Å². The van der Waals surface area contributed by atoms with E-state index in [-0.39, 0.29) is 0 Å². The third-order valence-corrected chi connectivity index (χ3v) is 4.12. The monoisotopic (exact) mass is 324 g/mol. The first-order chi connectivity index (χ1) is 5.11. The largest absolute Gasteiger partial charge is 0.0729 e. The van der Waals surface area contributed by atoms with Gasteiger partial charge in [0, 0.05) is 14.5 Å². The Kier molecular flexibility index (Phi) is 3.37. The lowest BCUT2D eigenvalue weighted by Gasteiger charge is -2.10. The molecule has 0 heterocycles. The molecule has 0 aromatic heterocycles. The maximum Gasteiger partial charge on any atom is 0.0271 e. The maximum atomic E-state index is 3.49. The van der Waals surface area contributed by atoms with Crippen molar-refractivity contribution in [3.8, 4) is 0 Å². The van der Waals surface area contributed by atoms with Gasteiger partial charge in [-0.15, -0.1) is 0 Å². The summed E-state index contributed by atoms with van der Waals surface area (Å²) in [6, 6.07) is 0. The van der Waals surface area contributed by atoms with Crippen molar-refractivity contribution in [3.63, 3.8) is 0 Å². The van der Waals surface area contributed by atoms with Crippen LogP contribution in [0.25, 0.3) is 0 Å². The highest BCUT2D eigenvalue weighted by Crippen LogP contribution is 2.32. The lowest BCUT2D eigenvalue weighted by molar-refractivity contribution is 1.17. The Morgan fingerprint density at radius 1 is 1.45 bits per heavy atom. The van der Waals surface area contributed by atoms with E-state index in [9.17, 15) is 0 Å². The van der Waals surface area contributed by atoms with Crippen LogP contribution in [0.15, 0.2) is 31.4 Å². The molecule has 0 atom stereocenters. The van der Waals surface area contributed by atoms with E-state index >= 15 is 0 Å². The van der Waals surface area contributed by atoms with E-state index in [1.807, 2.05) is 0 Å². The molecule has 0 amide bonds. The molecule has 1 rings (SSSR count). The predicted octanol–water partition coefficient (Wildman–Crippen LogP) is 4.32. The molecule has 0 aromatic carbocycles. The molecule has 0 spiro atoms. The predicted molar refractivity (Wildman–Crippen MR) is 62.1 cm³/mol. The van der Waals surface area contributed by atoms with Crippen molar-refractivity contribution >= 4 is 38.5 Å². The Morgan fingerprint density at radius 2 is 2.09 bits per heavy atom. The van der Waals surface area contributed by atoms with Crippen molar-refractivity contribution < 1.29 is 0 Å². The highest BCUT2D eigenvalue weighted by molar-refractivity contribution is 14.1. The van der Waals surface area contributed by atoms with Crippen LogP contribution in [0.1, 0.15) is 20.3 Å². The van der Waals surface area contributed by atoms with E-state index in [2.05, 4.69) is 64.5 Å². The number of rotatable bonds is 0. The zero-order valence-corrected chi connectivity index (χ0v) is 10.4. The Balaban J connectivity index is 2.92. The first-order valence-electron chi connectivity index (χ1n) is 3.50. The summed E-state index contributed by atoms with van der Waals surface area (Å²) in [5.74, 6) is 0. The molecule has 0 N–H and O–H groups in total. The van der Waals surface area contributed by atoms with Gasteiger partial charge < -0.3 is 0 Å². The Labute approximate surface area is 89.7 Å². The van der Waals surface area contributed by atoms with Gasteiger partial charge in [0.05, 0.1) is 0 Å². The molecule has 0 aliphatic heterocycles. The van der Waals surface area contributed by atoms with E-state index in [0.717, 1.165) is 6.42 Å². The van der Waals surface area contributed by atoms with Crippen molar-refractivity contribution in [1.29, 1.82) is 0 Å². The summed E-state index contributed by atoms with van der Waals surface area (Å²) in [5, 5.41) is 0. The summed E-state index contributed by atoms with van der Waals surface area (Å²) in [5.41, 5.74) is 2.85. The molecule has 1 aliphatic rings. The van der Waals surface area contributed by atoms with Crippen LogP contribution in [-0.2, 0) is 0 Å². The van der Waals surface area contributed by atoms with E-state index < -0.39 is 0 Å². The van der Waals surface area contributed by atoms with Crippen LogP contribution in [0.3, 0.4) is 0 Å². The number of halogens is 2. The molecule has 0 bridgehead atoms. The number of allylic oxidation sites excluding steroid dienone is 6. The summed E-state index contributed by atoms with van der Waals surface area (Å²) < 4.78 is 2.62. The van der Waals surface area contributed by atoms with Crippen molar-refractivity contribution in [1.82, 2.24) is 0 Å². The topological polar surface area (TPSA) is 0 Å². The summed E-state index contributed by atoms with van der Waals surface area (Å²) in [7, 11) is 0. The second kappa shape index (κ2) is 3.90. The van der Waals surface area contributed by atoms with Crippen molar-refractivity contribution in [2.75, 3.05) is 0 Å². The Morgan fingerprint density at radius 3 is 2.55 bits per heavy atom. The van der Waals surface area contributed by atoms with E-state index in [1.165, 1.54) is 19.2 Å². The van der Waals surface area contributed by atoms with Gasteiger partial charge in [-0.2, -0.15) is 0 Å². The molecule has 0 nitrogen and oxygen atoms in total. The molecule has 2 heteroatoms. The van der Waals surface area contributed by atoms with Gasteiger partial charge in [-0.1, -0.05) is 27.6 Å². The second-order valence-corrected chi connectivity index (χ2v) is 4.94. The molecule has 0 saturated heterocycles. The third-order valence-electron chi connectivity index (χ3n) is 1.68. The van der Waals surface area contributed by atoms with Crippen LogP contribution in [0.2, 0.25) is 0 Å². The second-order valence-electron chi connectivity index (χ2n) is 2.79. The summed E-state index contributed by atoms with van der Waals surface area (Å²) >= 11 is 5.87. The lowest BCUT2D eigenvalue weighted by atomic mass is 10.0. The first kappa shape index (κ1) is 9.52. The molecule has 60 valence electrons. The molecular formula is C9H10BrI. The van der Waals surface area contributed by atoms with Gasteiger partial charge in [0.15, 0.2) is 0 Å². The van der Waals surface area contributed by atoms with Gasteiger partial charge in [-0.05, 0) is 48.1 Å². The van der Waals surface area contributed by atoms with E-state index in [0.29, 0.717) is 0 Å². The van der Waals surface area contributed by atoms with Crippen molar-refractivity contribution in [2.45, 2.75) is 20.3 Å². The minimum Gasteiger partial charge on any atom is -0.0729 e. The van der Waals surface area contributed by atoms with Crippen molar-refractivity contribution in [2.24, 2.45) is 0 Å². The Hall–Kier alpha value is 0.430. The SMILES string of the molecule is CC(C)=C1C=CC(Br)=C(I)C1. The van der Waals surface area contributed by atoms with E-state index in [4.69, 9.17) is 0 Å². The van der Waals surface area contributed by atoms with Crippen LogP contribution in [0.5, 0.6) is 0 Å². The van der Waals surface area contributed by atoms with Gasteiger partial charge in [0.25, 0.3) is 0 Å². The fourth-order valence-corrected chi connectivity index (χ4v) is 1.78. The van der Waals surface area contributed by atoms with Crippen LogP contribution < -0.4 is 0 Å². The smallest absolute Gasteiger partial charge is 0.0271 e. The minimum atomic E-state index is 1.08. The molecule has 0 unspecified atom stereocenters. The zero-order chi connectivity index (χ0) is 8.43. The van der Waals surface area contributed by atoms with E-state index in [1.54, 1.807) is 0 Å². The third kappa shape index (κ3) is 2.44. The van der Waals surface area contributed by atoms with Gasteiger partial charge in [-0.25, -0.2) is 0 Å². The molecule has 11 heavy (non-hydrogen) atoms. The molecule has 1 aliphatic carbocycles. The lowest BCUT2D eigenvalue weighted by Crippen LogP contribution is -1.89. The van der Waals surface area contributed by atoms with Crippen molar-refractivity contribution in [3.05, 3.63) is 31.4 Å². The average Bonchev–Trinajstić information content (AvgIpc) is 1.94. The van der Waals surface area contributed by atoms with Crippen LogP contribution in [0, 0.1) is 0 Å². The Bertz CT molecular complexity index is 255. The maximum absolute atomic E-state index is 3.49. The standard InChI is InChI=1S/C9H10BrI/c1-6(2)7-3-4-8(10)9(11)5-7/h3-4H,5H2,1-2H3. The normalized spacial score (nSPS) is 17.6. The number of hydrogen-bond acceptors (Lipinski definition) is 0. The quantitative estimate of drug-likeness (QED) is 0.582. The average molecular weight is 325 g/mol. The summed E-state index contributed by atoms with van der Waals surface area (Å²) in [6.07, 6.45) is 5.38. The highest BCUT2D eigenvalue weighted by atomic mass is 127. The molecular weight excluding hydrogens is 315 g/mol.